The predicted molar refractivity (Wildman–Crippen MR) is 145 cm³/mol. The molecule has 0 aromatic carbocycles. The van der Waals surface area contributed by atoms with Gasteiger partial charge < -0.3 is 20.6 Å². The molecule has 1 saturated carbocycles. The van der Waals surface area contributed by atoms with E-state index in [4.69, 9.17) is 0 Å². The zero-order valence-electron chi connectivity index (χ0n) is 22.7. The van der Waals surface area contributed by atoms with Crippen molar-refractivity contribution in [2.75, 3.05) is 25.0 Å². The minimum atomic E-state index is -2.88. The van der Waals surface area contributed by atoms with Gasteiger partial charge in [-0.05, 0) is 37.8 Å². The summed E-state index contributed by atoms with van der Waals surface area (Å²) in [5.41, 5.74) is 2.41. The van der Waals surface area contributed by atoms with Crippen LogP contribution in [0.25, 0.3) is 11.3 Å². The van der Waals surface area contributed by atoms with Crippen molar-refractivity contribution in [1.82, 2.24) is 34.8 Å². The molecule has 0 spiro atoms. The molecule has 11 nitrogen and oxygen atoms in total. The molecule has 2 atom stereocenters. The van der Waals surface area contributed by atoms with Gasteiger partial charge in [-0.15, -0.1) is 0 Å². The largest absolute Gasteiger partial charge is 0.368 e. The molecule has 4 bridgehead atoms. The molecular formula is C28H34F2N8O3. The Bertz CT molecular complexity index is 1410. The summed E-state index contributed by atoms with van der Waals surface area (Å²) in [6, 6.07) is 5.23. The lowest BCUT2D eigenvalue weighted by Gasteiger charge is -2.32. The molecule has 3 aromatic heterocycles. The number of carbonyl (C=O) groups excluding carboxylic acids is 2. The second kappa shape index (κ2) is 11.2. The summed E-state index contributed by atoms with van der Waals surface area (Å²) in [6.45, 7) is 1.97. The Kier molecular flexibility index (Phi) is 7.45. The number of likely N-dealkylation sites (tertiary alicyclic amines) is 1. The third-order valence-electron chi connectivity index (χ3n) is 8.09. The summed E-state index contributed by atoms with van der Waals surface area (Å²) < 4.78 is 30.4. The molecule has 218 valence electrons. The summed E-state index contributed by atoms with van der Waals surface area (Å²) in [6.07, 6.45) is 8.60. The van der Waals surface area contributed by atoms with E-state index in [0.29, 0.717) is 49.6 Å². The van der Waals surface area contributed by atoms with Gasteiger partial charge in [-0.1, -0.05) is 18.9 Å². The molecule has 2 amide bonds. The van der Waals surface area contributed by atoms with Gasteiger partial charge in [0.25, 0.3) is 11.8 Å². The van der Waals surface area contributed by atoms with E-state index in [1.165, 1.54) is 4.90 Å². The first kappa shape index (κ1) is 27.3. The van der Waals surface area contributed by atoms with Crippen molar-refractivity contribution in [1.29, 1.82) is 0 Å². The second-order valence-corrected chi connectivity index (χ2v) is 11.1. The van der Waals surface area contributed by atoms with Gasteiger partial charge in [0.05, 0.1) is 29.3 Å². The lowest BCUT2D eigenvalue weighted by Crippen LogP contribution is -2.40. The van der Waals surface area contributed by atoms with Gasteiger partial charge in [0.15, 0.2) is 11.9 Å². The van der Waals surface area contributed by atoms with Crippen molar-refractivity contribution in [2.24, 2.45) is 5.92 Å². The average molecular weight is 569 g/mol. The first-order chi connectivity index (χ1) is 19.8. The molecule has 2 fully saturated rings. The number of nitrogens with zero attached hydrogens (tertiary/aromatic N) is 6. The zero-order chi connectivity index (χ0) is 28.6. The normalized spacial score (nSPS) is 23.5. The number of carbonyl (C=O) groups is 2. The Morgan fingerprint density at radius 3 is 2.63 bits per heavy atom. The highest BCUT2D eigenvalue weighted by molar-refractivity contribution is 5.97. The van der Waals surface area contributed by atoms with Crippen LogP contribution in [0.4, 0.5) is 14.5 Å². The maximum absolute atomic E-state index is 13.4. The minimum absolute atomic E-state index is 0.127. The number of rotatable bonds is 2. The molecule has 6 rings (SSSR count). The molecule has 41 heavy (non-hydrogen) atoms. The standard InChI is InChI=1S/C28H34F2N8O3/c29-28(30)14-20(28)27(41)36-12-8-19(9-13-36)38-17-23-24(35-38)26(40)31-10-3-1-2-4-11-37-16-18(15-32-37)21-6-5-7-22(33-21)25(39)34-23/h5-7,15-17,19-20,25,34,39H,1-4,8-14H2,(H,31,40). The van der Waals surface area contributed by atoms with Gasteiger partial charge in [0.2, 0.25) is 5.91 Å². The van der Waals surface area contributed by atoms with Crippen LogP contribution < -0.4 is 10.6 Å². The number of hydrogen-bond acceptors (Lipinski definition) is 7. The van der Waals surface area contributed by atoms with Crippen LogP contribution in [0.3, 0.4) is 0 Å². The predicted octanol–water partition coefficient (Wildman–Crippen LogP) is 3.37. The number of hydrogen-bond donors (Lipinski definition) is 3. The summed E-state index contributed by atoms with van der Waals surface area (Å²) in [4.78, 5) is 31.7. The van der Waals surface area contributed by atoms with Crippen molar-refractivity contribution in [3.8, 4) is 11.3 Å². The third-order valence-corrected chi connectivity index (χ3v) is 8.09. The molecule has 2 unspecified atom stereocenters. The van der Waals surface area contributed by atoms with E-state index in [-0.39, 0.29) is 24.1 Å². The molecule has 3 aromatic rings. The van der Waals surface area contributed by atoms with Gasteiger partial charge in [-0.25, -0.2) is 13.8 Å². The smallest absolute Gasteiger partial charge is 0.273 e. The van der Waals surface area contributed by atoms with Gasteiger partial charge in [-0.3, -0.25) is 19.0 Å². The van der Waals surface area contributed by atoms with E-state index in [2.05, 4.69) is 25.8 Å². The van der Waals surface area contributed by atoms with Crippen LogP contribution in [0.5, 0.6) is 0 Å². The fourth-order valence-electron chi connectivity index (χ4n) is 5.55. The van der Waals surface area contributed by atoms with Crippen molar-refractivity contribution >= 4 is 17.5 Å². The average Bonchev–Trinajstić information content (AvgIpc) is 3.29. The van der Waals surface area contributed by atoms with Crippen LogP contribution in [0.2, 0.25) is 0 Å². The molecule has 2 aliphatic heterocycles. The number of amides is 2. The highest BCUT2D eigenvalue weighted by Gasteiger charge is 2.62. The maximum Gasteiger partial charge on any atom is 0.273 e. The number of anilines is 1. The quantitative estimate of drug-likeness (QED) is 0.432. The Hall–Kier alpha value is -3.87. The molecule has 1 saturated heterocycles. The first-order valence-electron chi connectivity index (χ1n) is 14.3. The Morgan fingerprint density at radius 1 is 1.07 bits per heavy atom. The molecule has 3 N–H and O–H groups in total. The summed E-state index contributed by atoms with van der Waals surface area (Å²) >= 11 is 0. The molecule has 5 heterocycles. The lowest BCUT2D eigenvalue weighted by molar-refractivity contribution is -0.136. The SMILES string of the molecule is O=C1NCCCCCCn2cc(cn2)-c2cccc(n2)C(O)Nc2cn(C3CCN(C(=O)C4CC4(F)F)CC3)nc21. The summed E-state index contributed by atoms with van der Waals surface area (Å²) in [5, 5.41) is 26.0. The van der Waals surface area contributed by atoms with Gasteiger partial charge >= 0.3 is 0 Å². The summed E-state index contributed by atoms with van der Waals surface area (Å²) in [5.74, 6) is -4.92. The number of aliphatic hydroxyl groups is 1. The Labute approximate surface area is 235 Å². The Morgan fingerprint density at radius 2 is 1.85 bits per heavy atom. The van der Waals surface area contributed by atoms with Crippen molar-refractivity contribution < 1.29 is 23.5 Å². The van der Waals surface area contributed by atoms with Crippen LogP contribution in [0.15, 0.2) is 36.8 Å². The zero-order valence-corrected chi connectivity index (χ0v) is 22.7. The maximum atomic E-state index is 13.4. The lowest BCUT2D eigenvalue weighted by atomic mass is 10.0. The molecule has 13 heteroatoms. The number of aromatic nitrogens is 5. The third kappa shape index (κ3) is 5.95. The van der Waals surface area contributed by atoms with E-state index >= 15 is 0 Å². The number of aliphatic hydroxyl groups excluding tert-OH is 1. The van der Waals surface area contributed by atoms with Crippen molar-refractivity contribution in [2.45, 2.75) is 69.7 Å². The molecular weight excluding hydrogens is 534 g/mol. The monoisotopic (exact) mass is 568 g/mol. The summed E-state index contributed by atoms with van der Waals surface area (Å²) in [7, 11) is 0. The number of fused-ring (bicyclic) bond motifs is 6. The van der Waals surface area contributed by atoms with Crippen LogP contribution in [0, 0.1) is 5.92 Å². The molecule has 3 aliphatic rings. The van der Waals surface area contributed by atoms with Gasteiger partial charge in [-0.2, -0.15) is 10.2 Å². The van der Waals surface area contributed by atoms with E-state index in [9.17, 15) is 23.5 Å². The minimum Gasteiger partial charge on any atom is -0.368 e. The van der Waals surface area contributed by atoms with E-state index in [1.54, 1.807) is 23.1 Å². The van der Waals surface area contributed by atoms with Crippen LogP contribution in [0.1, 0.15) is 73.4 Å². The molecule has 1 aliphatic carbocycles. The first-order valence-corrected chi connectivity index (χ1v) is 14.3. The molecule has 0 radical (unpaired) electrons. The van der Waals surface area contributed by atoms with Gasteiger partial charge in [0.1, 0.15) is 5.92 Å². The van der Waals surface area contributed by atoms with Crippen LogP contribution in [-0.4, -0.2) is 71.9 Å². The Balaban J connectivity index is 1.22. The van der Waals surface area contributed by atoms with E-state index < -0.39 is 24.0 Å². The highest BCUT2D eigenvalue weighted by Crippen LogP contribution is 2.49. The number of nitrogens with one attached hydrogen (secondary N) is 2. The van der Waals surface area contributed by atoms with Crippen molar-refractivity contribution in [3.05, 3.63) is 48.2 Å². The van der Waals surface area contributed by atoms with Crippen LogP contribution >= 0.6 is 0 Å². The number of pyridine rings is 1. The fourth-order valence-corrected chi connectivity index (χ4v) is 5.55. The number of piperidine rings is 1. The second-order valence-electron chi connectivity index (χ2n) is 11.1. The highest BCUT2D eigenvalue weighted by atomic mass is 19.3. The van der Waals surface area contributed by atoms with E-state index in [1.807, 2.05) is 23.0 Å². The fraction of sp³-hybridized carbons (Fsp3) is 0.536. The number of aryl methyl sites for hydroxylation is 1. The number of alkyl halides is 2. The van der Waals surface area contributed by atoms with Crippen LogP contribution in [-0.2, 0) is 11.3 Å². The van der Waals surface area contributed by atoms with E-state index in [0.717, 1.165) is 37.8 Å². The topological polar surface area (TPSA) is 130 Å². The number of halogens is 2. The van der Waals surface area contributed by atoms with Crippen molar-refractivity contribution in [3.63, 3.8) is 0 Å². The van der Waals surface area contributed by atoms with Gasteiger partial charge in [0, 0.05) is 50.6 Å².